The molecule has 1 aromatic carbocycles. The number of thioether (sulfide) groups is 1. The zero-order valence-electron chi connectivity index (χ0n) is 13.1. The van der Waals surface area contributed by atoms with Crippen LogP contribution in [0.2, 0.25) is 0 Å². The van der Waals surface area contributed by atoms with Gasteiger partial charge in [0, 0.05) is 23.5 Å². The number of rotatable bonds is 3. The highest BCUT2D eigenvalue weighted by Crippen LogP contribution is 2.46. The molecular formula is C18H24O3S. The van der Waals surface area contributed by atoms with Gasteiger partial charge < -0.3 is 9.47 Å². The largest absolute Gasteiger partial charge is 0.460 e. The lowest BCUT2D eigenvalue weighted by Gasteiger charge is -2.48. The summed E-state index contributed by atoms with van der Waals surface area (Å²) < 4.78 is 11.7. The van der Waals surface area contributed by atoms with Crippen LogP contribution in [-0.4, -0.2) is 29.5 Å². The standard InChI is InChI=1S/C18H24O3S/c1-14(19)21-15-12-17(22-16-8-4-2-5-9-16)18(20-13-15)10-6-3-7-11-18/h2,4-5,8-9,15,17H,3,6-7,10-13H2,1H3/t15-,17+/m1/s1. The number of hydrogen-bond acceptors (Lipinski definition) is 4. The van der Waals surface area contributed by atoms with Crippen LogP contribution in [0.5, 0.6) is 0 Å². The van der Waals surface area contributed by atoms with E-state index in [0.717, 1.165) is 19.3 Å². The fourth-order valence-corrected chi connectivity index (χ4v) is 5.10. The van der Waals surface area contributed by atoms with Crippen molar-refractivity contribution in [3.05, 3.63) is 30.3 Å². The number of carbonyl (C=O) groups is 1. The van der Waals surface area contributed by atoms with Gasteiger partial charge in [-0.1, -0.05) is 37.5 Å². The minimum absolute atomic E-state index is 0.0323. The molecule has 3 rings (SSSR count). The molecule has 120 valence electrons. The van der Waals surface area contributed by atoms with Crippen molar-refractivity contribution >= 4 is 17.7 Å². The van der Waals surface area contributed by atoms with Crippen molar-refractivity contribution in [3.63, 3.8) is 0 Å². The lowest BCUT2D eigenvalue weighted by molar-refractivity contribution is -0.170. The molecule has 1 saturated heterocycles. The van der Waals surface area contributed by atoms with Crippen molar-refractivity contribution in [1.82, 2.24) is 0 Å². The van der Waals surface area contributed by atoms with Crippen LogP contribution in [0.4, 0.5) is 0 Å². The van der Waals surface area contributed by atoms with Gasteiger partial charge in [0.1, 0.15) is 6.10 Å². The van der Waals surface area contributed by atoms with Gasteiger partial charge in [-0.15, -0.1) is 11.8 Å². The Balaban J connectivity index is 1.76. The molecule has 2 aliphatic rings. The average molecular weight is 320 g/mol. The zero-order chi connectivity index (χ0) is 15.4. The zero-order valence-corrected chi connectivity index (χ0v) is 13.9. The van der Waals surface area contributed by atoms with E-state index in [4.69, 9.17) is 9.47 Å². The smallest absolute Gasteiger partial charge is 0.302 e. The maximum absolute atomic E-state index is 11.3. The predicted octanol–water partition coefficient (Wildman–Crippen LogP) is 4.20. The molecule has 1 aromatic rings. The molecule has 0 aromatic heterocycles. The average Bonchev–Trinajstić information content (AvgIpc) is 2.52. The highest BCUT2D eigenvalue weighted by molar-refractivity contribution is 8.00. The topological polar surface area (TPSA) is 35.5 Å². The summed E-state index contributed by atoms with van der Waals surface area (Å²) in [5.74, 6) is -0.211. The molecule has 2 atom stereocenters. The number of hydrogen-bond donors (Lipinski definition) is 0. The summed E-state index contributed by atoms with van der Waals surface area (Å²) in [6.45, 7) is 2.02. The van der Waals surface area contributed by atoms with Gasteiger partial charge in [0.15, 0.2) is 0 Å². The number of benzene rings is 1. The Hall–Kier alpha value is -1.00. The first kappa shape index (κ1) is 15.9. The van der Waals surface area contributed by atoms with Crippen LogP contribution in [-0.2, 0) is 14.3 Å². The molecule has 1 heterocycles. The third-order valence-corrected chi connectivity index (χ3v) is 6.13. The van der Waals surface area contributed by atoms with Crippen LogP contribution in [0, 0.1) is 0 Å². The summed E-state index contributed by atoms with van der Waals surface area (Å²) in [5.41, 5.74) is -0.0323. The van der Waals surface area contributed by atoms with Crippen LogP contribution < -0.4 is 0 Å². The van der Waals surface area contributed by atoms with Gasteiger partial charge in [-0.25, -0.2) is 0 Å². The van der Waals surface area contributed by atoms with Gasteiger partial charge in [0.2, 0.25) is 0 Å². The Morgan fingerprint density at radius 3 is 2.64 bits per heavy atom. The molecule has 22 heavy (non-hydrogen) atoms. The Morgan fingerprint density at radius 2 is 1.95 bits per heavy atom. The summed E-state index contributed by atoms with van der Waals surface area (Å²) >= 11 is 1.88. The molecule has 0 bridgehead atoms. The van der Waals surface area contributed by atoms with Crippen LogP contribution in [0.25, 0.3) is 0 Å². The fourth-order valence-electron chi connectivity index (χ4n) is 3.63. The SMILES string of the molecule is CC(=O)O[C@H]1COC2(CCCCC2)[C@@H](Sc2ccccc2)C1. The van der Waals surface area contributed by atoms with E-state index in [-0.39, 0.29) is 17.7 Å². The highest BCUT2D eigenvalue weighted by atomic mass is 32.2. The monoisotopic (exact) mass is 320 g/mol. The first-order chi connectivity index (χ1) is 10.7. The van der Waals surface area contributed by atoms with Crippen molar-refractivity contribution < 1.29 is 14.3 Å². The van der Waals surface area contributed by atoms with Crippen molar-refractivity contribution in [1.29, 1.82) is 0 Å². The number of esters is 1. The summed E-state index contributed by atoms with van der Waals surface area (Å²) in [6.07, 6.45) is 6.83. The molecule has 2 fully saturated rings. The number of ether oxygens (including phenoxy) is 2. The van der Waals surface area contributed by atoms with Gasteiger partial charge in [0.05, 0.1) is 12.2 Å². The van der Waals surface area contributed by atoms with E-state index in [1.807, 2.05) is 17.8 Å². The van der Waals surface area contributed by atoms with Gasteiger partial charge >= 0.3 is 5.97 Å². The van der Waals surface area contributed by atoms with Gasteiger partial charge in [-0.3, -0.25) is 4.79 Å². The lowest BCUT2D eigenvalue weighted by Crippen LogP contribution is -2.52. The normalized spacial score (nSPS) is 27.5. The van der Waals surface area contributed by atoms with Crippen LogP contribution in [0.1, 0.15) is 45.4 Å². The van der Waals surface area contributed by atoms with E-state index in [1.165, 1.54) is 31.1 Å². The Morgan fingerprint density at radius 1 is 1.23 bits per heavy atom. The van der Waals surface area contributed by atoms with Crippen LogP contribution >= 0.6 is 11.8 Å². The van der Waals surface area contributed by atoms with Gasteiger partial charge in [-0.2, -0.15) is 0 Å². The van der Waals surface area contributed by atoms with E-state index < -0.39 is 0 Å². The molecule has 4 heteroatoms. The maximum Gasteiger partial charge on any atom is 0.302 e. The molecule has 0 N–H and O–H groups in total. The fraction of sp³-hybridized carbons (Fsp3) is 0.611. The highest BCUT2D eigenvalue weighted by Gasteiger charge is 2.46. The predicted molar refractivity (Wildman–Crippen MR) is 88.0 cm³/mol. The molecule has 3 nitrogen and oxygen atoms in total. The minimum atomic E-state index is -0.211. The second-order valence-electron chi connectivity index (χ2n) is 6.32. The molecule has 0 amide bonds. The minimum Gasteiger partial charge on any atom is -0.460 e. The van der Waals surface area contributed by atoms with Crippen LogP contribution in [0.3, 0.4) is 0 Å². The van der Waals surface area contributed by atoms with Gasteiger partial charge in [0.25, 0.3) is 0 Å². The molecule has 1 aliphatic carbocycles. The Labute approximate surface area is 136 Å². The van der Waals surface area contributed by atoms with Crippen molar-refractivity contribution in [2.75, 3.05) is 6.61 Å². The molecule has 0 radical (unpaired) electrons. The van der Waals surface area contributed by atoms with E-state index in [2.05, 4.69) is 24.3 Å². The summed E-state index contributed by atoms with van der Waals surface area (Å²) in [5, 5.41) is 0.355. The summed E-state index contributed by atoms with van der Waals surface area (Å²) in [7, 11) is 0. The van der Waals surface area contributed by atoms with Gasteiger partial charge in [-0.05, 0) is 25.0 Å². The Kier molecular flexibility index (Phi) is 5.09. The van der Waals surface area contributed by atoms with Crippen molar-refractivity contribution in [3.8, 4) is 0 Å². The molecule has 1 spiro atoms. The molecule has 1 aliphatic heterocycles. The van der Waals surface area contributed by atoms with E-state index >= 15 is 0 Å². The van der Waals surface area contributed by atoms with Crippen LogP contribution in [0.15, 0.2) is 35.2 Å². The molecular weight excluding hydrogens is 296 g/mol. The second-order valence-corrected chi connectivity index (χ2v) is 7.60. The summed E-state index contributed by atoms with van der Waals surface area (Å²) in [4.78, 5) is 12.5. The van der Waals surface area contributed by atoms with Crippen molar-refractivity contribution in [2.45, 2.75) is 67.3 Å². The quantitative estimate of drug-likeness (QED) is 0.782. The Bertz CT molecular complexity index is 496. The lowest BCUT2D eigenvalue weighted by atomic mass is 9.79. The third kappa shape index (κ3) is 3.66. The van der Waals surface area contributed by atoms with E-state index in [1.54, 1.807) is 0 Å². The van der Waals surface area contributed by atoms with Crippen molar-refractivity contribution in [2.24, 2.45) is 0 Å². The molecule has 0 unspecified atom stereocenters. The maximum atomic E-state index is 11.3. The van der Waals surface area contributed by atoms with E-state index in [9.17, 15) is 4.79 Å². The summed E-state index contributed by atoms with van der Waals surface area (Å²) in [6, 6.07) is 10.5. The third-order valence-electron chi connectivity index (χ3n) is 4.67. The molecule has 1 saturated carbocycles. The second kappa shape index (κ2) is 7.05. The first-order valence-corrected chi connectivity index (χ1v) is 9.09. The van der Waals surface area contributed by atoms with E-state index in [0.29, 0.717) is 11.9 Å². The number of carbonyl (C=O) groups excluding carboxylic acids is 1. The first-order valence-electron chi connectivity index (χ1n) is 8.21.